The molecule has 148 valence electrons. The Kier molecular flexibility index (Phi) is 9.06. The Hall–Kier alpha value is -2.81. The van der Waals surface area contributed by atoms with E-state index < -0.39 is 0 Å². The molecule has 0 aliphatic heterocycles. The lowest BCUT2D eigenvalue weighted by molar-refractivity contribution is 0.201. The van der Waals surface area contributed by atoms with Crippen molar-refractivity contribution in [2.75, 3.05) is 39.5 Å². The second-order valence-corrected chi connectivity index (χ2v) is 6.21. The number of hydrogen-bond acceptors (Lipinski definition) is 5. The highest BCUT2D eigenvalue weighted by molar-refractivity contribution is 5.89. The van der Waals surface area contributed by atoms with Crippen LogP contribution in [0.1, 0.15) is 25.0 Å². The lowest BCUT2D eigenvalue weighted by Gasteiger charge is -2.18. The summed E-state index contributed by atoms with van der Waals surface area (Å²) in [6.45, 7) is 8.11. The van der Waals surface area contributed by atoms with E-state index in [0.29, 0.717) is 17.9 Å². The summed E-state index contributed by atoms with van der Waals surface area (Å²) in [6.07, 6.45) is 1.84. The van der Waals surface area contributed by atoms with Crippen LogP contribution in [0.4, 0.5) is 0 Å². The van der Waals surface area contributed by atoms with Gasteiger partial charge in [-0.15, -0.1) is 0 Å². The Morgan fingerprint density at radius 1 is 0.964 bits per heavy atom. The molecule has 0 bridgehead atoms. The highest BCUT2D eigenvalue weighted by atomic mass is 16.5. The summed E-state index contributed by atoms with van der Waals surface area (Å²) in [6, 6.07) is 17.3. The van der Waals surface area contributed by atoms with Crippen molar-refractivity contribution in [1.29, 1.82) is 5.26 Å². The molecule has 0 saturated heterocycles. The van der Waals surface area contributed by atoms with Crippen molar-refractivity contribution in [3.63, 3.8) is 0 Å². The van der Waals surface area contributed by atoms with Crippen LogP contribution in [-0.2, 0) is 0 Å². The van der Waals surface area contributed by atoms with Gasteiger partial charge < -0.3 is 19.5 Å². The first-order valence-corrected chi connectivity index (χ1v) is 9.61. The van der Waals surface area contributed by atoms with Gasteiger partial charge in [0.25, 0.3) is 0 Å². The Balaban J connectivity index is 2.00. The molecule has 0 aromatic heterocycles. The number of aliphatic hydroxyl groups is 1. The Labute approximate surface area is 167 Å². The smallest absolute Gasteiger partial charge is 0.119 e. The molecule has 0 fully saturated rings. The van der Waals surface area contributed by atoms with Gasteiger partial charge in [-0.05, 0) is 66.7 Å². The van der Waals surface area contributed by atoms with E-state index in [4.69, 9.17) is 14.6 Å². The molecule has 2 aromatic carbocycles. The fourth-order valence-corrected chi connectivity index (χ4v) is 2.73. The minimum atomic E-state index is -0.0184. The first-order chi connectivity index (χ1) is 13.7. The van der Waals surface area contributed by atoms with Crippen LogP contribution in [0.2, 0.25) is 0 Å². The summed E-state index contributed by atoms with van der Waals surface area (Å²) in [5, 5.41) is 18.3. The summed E-state index contributed by atoms with van der Waals surface area (Å²) >= 11 is 0. The van der Waals surface area contributed by atoms with Crippen molar-refractivity contribution >= 4 is 11.6 Å². The standard InChI is InChI=1S/C23H28N2O3/c1-3-25(4-2)13-15-27-23-11-7-20(8-12-23)21(18-24)17-19-5-9-22(10-6-19)28-16-14-26/h5-12,17,26H,3-4,13-16H2,1-2H3/b21-17+. The average Bonchev–Trinajstić information content (AvgIpc) is 2.75. The molecule has 2 rings (SSSR count). The quantitative estimate of drug-likeness (QED) is 0.474. The van der Waals surface area contributed by atoms with Crippen LogP contribution in [0.5, 0.6) is 11.5 Å². The lowest BCUT2D eigenvalue weighted by Crippen LogP contribution is -2.27. The first kappa shape index (κ1) is 21.5. The highest BCUT2D eigenvalue weighted by Crippen LogP contribution is 2.22. The zero-order valence-corrected chi connectivity index (χ0v) is 16.6. The number of nitriles is 1. The SMILES string of the molecule is CCN(CC)CCOc1ccc(/C(C#N)=C/c2ccc(OCCO)cc2)cc1. The minimum Gasteiger partial charge on any atom is -0.492 e. The van der Waals surface area contributed by atoms with Crippen molar-refractivity contribution in [2.45, 2.75) is 13.8 Å². The van der Waals surface area contributed by atoms with Gasteiger partial charge in [0, 0.05) is 6.54 Å². The van der Waals surface area contributed by atoms with Gasteiger partial charge in [-0.3, -0.25) is 0 Å². The Morgan fingerprint density at radius 3 is 2.07 bits per heavy atom. The molecule has 0 heterocycles. The van der Waals surface area contributed by atoms with E-state index in [2.05, 4.69) is 24.8 Å². The summed E-state index contributed by atoms with van der Waals surface area (Å²) in [5.41, 5.74) is 2.34. The van der Waals surface area contributed by atoms with E-state index in [-0.39, 0.29) is 13.2 Å². The van der Waals surface area contributed by atoms with E-state index in [1.807, 2.05) is 54.6 Å². The molecule has 5 nitrogen and oxygen atoms in total. The normalized spacial score (nSPS) is 11.3. The number of hydrogen-bond donors (Lipinski definition) is 1. The number of likely N-dealkylation sites (N-methyl/N-ethyl adjacent to an activating group) is 1. The molecule has 0 aliphatic carbocycles. The number of rotatable bonds is 11. The number of benzene rings is 2. The molecule has 0 unspecified atom stereocenters. The largest absolute Gasteiger partial charge is 0.492 e. The van der Waals surface area contributed by atoms with Gasteiger partial charge in [0.1, 0.15) is 24.7 Å². The van der Waals surface area contributed by atoms with Crippen LogP contribution in [0, 0.1) is 11.3 Å². The van der Waals surface area contributed by atoms with E-state index >= 15 is 0 Å². The third-order valence-corrected chi connectivity index (χ3v) is 4.41. The van der Waals surface area contributed by atoms with Gasteiger partial charge >= 0.3 is 0 Å². The summed E-state index contributed by atoms with van der Waals surface area (Å²) in [7, 11) is 0. The third-order valence-electron chi connectivity index (χ3n) is 4.41. The third kappa shape index (κ3) is 6.73. The molecule has 0 aliphatic rings. The molecule has 2 aromatic rings. The predicted molar refractivity (Wildman–Crippen MR) is 112 cm³/mol. The van der Waals surface area contributed by atoms with Crippen LogP contribution >= 0.6 is 0 Å². The summed E-state index contributed by atoms with van der Waals surface area (Å²) in [5.74, 6) is 1.49. The van der Waals surface area contributed by atoms with Crippen molar-refractivity contribution in [2.24, 2.45) is 0 Å². The zero-order chi connectivity index (χ0) is 20.2. The minimum absolute atomic E-state index is 0.0184. The van der Waals surface area contributed by atoms with E-state index in [1.54, 1.807) is 0 Å². The molecule has 0 saturated carbocycles. The molecule has 0 spiro atoms. The van der Waals surface area contributed by atoms with Crippen LogP contribution < -0.4 is 9.47 Å². The van der Waals surface area contributed by atoms with Crippen LogP contribution in [0.3, 0.4) is 0 Å². The number of allylic oxidation sites excluding steroid dienone is 1. The Morgan fingerprint density at radius 2 is 1.54 bits per heavy atom. The molecule has 1 N–H and O–H groups in total. The van der Waals surface area contributed by atoms with Gasteiger partial charge in [0.15, 0.2) is 0 Å². The molecule has 5 heteroatoms. The lowest BCUT2D eigenvalue weighted by atomic mass is 10.0. The van der Waals surface area contributed by atoms with E-state index in [0.717, 1.165) is 36.5 Å². The number of nitrogens with zero attached hydrogens (tertiary/aromatic N) is 2. The van der Waals surface area contributed by atoms with Crippen molar-refractivity contribution in [3.05, 3.63) is 59.7 Å². The number of ether oxygens (including phenoxy) is 2. The van der Waals surface area contributed by atoms with Gasteiger partial charge in [0.05, 0.1) is 18.2 Å². The number of aliphatic hydroxyl groups excluding tert-OH is 1. The van der Waals surface area contributed by atoms with E-state index in [9.17, 15) is 5.26 Å². The maximum absolute atomic E-state index is 9.53. The first-order valence-electron chi connectivity index (χ1n) is 9.61. The van der Waals surface area contributed by atoms with Crippen molar-refractivity contribution < 1.29 is 14.6 Å². The van der Waals surface area contributed by atoms with Gasteiger partial charge in [-0.2, -0.15) is 5.26 Å². The molecule has 0 radical (unpaired) electrons. The van der Waals surface area contributed by atoms with E-state index in [1.165, 1.54) is 0 Å². The van der Waals surface area contributed by atoms with Crippen LogP contribution in [0.15, 0.2) is 48.5 Å². The molecule has 0 atom stereocenters. The van der Waals surface area contributed by atoms with Crippen molar-refractivity contribution in [1.82, 2.24) is 4.90 Å². The predicted octanol–water partition coefficient (Wildman–Crippen LogP) is 3.84. The van der Waals surface area contributed by atoms with Crippen LogP contribution in [0.25, 0.3) is 11.6 Å². The maximum atomic E-state index is 9.53. The molecule has 28 heavy (non-hydrogen) atoms. The van der Waals surface area contributed by atoms with Crippen molar-refractivity contribution in [3.8, 4) is 17.6 Å². The van der Waals surface area contributed by atoms with Gasteiger partial charge in [0.2, 0.25) is 0 Å². The molecule has 0 amide bonds. The summed E-state index contributed by atoms with van der Waals surface area (Å²) in [4.78, 5) is 2.31. The van der Waals surface area contributed by atoms with Gasteiger partial charge in [-0.1, -0.05) is 26.0 Å². The Bertz CT molecular complexity index is 773. The topological polar surface area (TPSA) is 65.7 Å². The second-order valence-electron chi connectivity index (χ2n) is 6.21. The fraction of sp³-hybridized carbons (Fsp3) is 0.348. The molecular weight excluding hydrogens is 352 g/mol. The fourth-order valence-electron chi connectivity index (χ4n) is 2.73. The maximum Gasteiger partial charge on any atom is 0.119 e. The van der Waals surface area contributed by atoms with Gasteiger partial charge in [-0.25, -0.2) is 0 Å². The molecular formula is C23H28N2O3. The monoisotopic (exact) mass is 380 g/mol. The zero-order valence-electron chi connectivity index (χ0n) is 16.6. The summed E-state index contributed by atoms with van der Waals surface area (Å²) < 4.78 is 11.1. The average molecular weight is 380 g/mol. The highest BCUT2D eigenvalue weighted by Gasteiger charge is 2.04. The second kappa shape index (κ2) is 11.8. The van der Waals surface area contributed by atoms with Crippen LogP contribution in [-0.4, -0.2) is 49.5 Å².